The summed E-state index contributed by atoms with van der Waals surface area (Å²) in [7, 11) is 0. The average Bonchev–Trinajstić information content (AvgIpc) is 2.50. The van der Waals surface area contributed by atoms with Gasteiger partial charge in [-0.2, -0.15) is 0 Å². The van der Waals surface area contributed by atoms with E-state index in [-0.39, 0.29) is 18.3 Å². The van der Waals surface area contributed by atoms with Crippen LogP contribution in [0.1, 0.15) is 26.3 Å². The van der Waals surface area contributed by atoms with Crippen molar-refractivity contribution in [3.05, 3.63) is 29.6 Å². The summed E-state index contributed by atoms with van der Waals surface area (Å²) < 4.78 is 19.3. The molecule has 0 atom stereocenters. The standard InChI is InChI=1S/C14H18FNO2/c1-14(2,3)13(17)16-7-8-18-12-6-4-5-11(15)10(12)9-16/h4-6H,7-9H2,1-3H3. The number of halogens is 1. The number of ether oxygens (including phenoxy) is 1. The number of hydrogen-bond acceptors (Lipinski definition) is 2. The summed E-state index contributed by atoms with van der Waals surface area (Å²) in [5.41, 5.74) is 0.00283. The zero-order valence-electron chi connectivity index (χ0n) is 11.0. The van der Waals surface area contributed by atoms with Gasteiger partial charge in [-0.1, -0.05) is 26.8 Å². The normalized spacial score (nSPS) is 15.7. The number of carbonyl (C=O) groups is 1. The first-order valence-corrected chi connectivity index (χ1v) is 6.09. The molecule has 0 aliphatic carbocycles. The van der Waals surface area contributed by atoms with Crippen LogP contribution in [0.3, 0.4) is 0 Å². The van der Waals surface area contributed by atoms with Gasteiger partial charge >= 0.3 is 0 Å². The maximum atomic E-state index is 13.8. The third-order valence-electron chi connectivity index (χ3n) is 2.97. The van der Waals surface area contributed by atoms with Crippen molar-refractivity contribution in [2.24, 2.45) is 5.41 Å². The van der Waals surface area contributed by atoms with E-state index >= 15 is 0 Å². The summed E-state index contributed by atoms with van der Waals surface area (Å²) in [5.74, 6) is 0.238. The van der Waals surface area contributed by atoms with Crippen LogP contribution in [-0.2, 0) is 11.3 Å². The van der Waals surface area contributed by atoms with E-state index in [1.165, 1.54) is 6.07 Å². The second kappa shape index (κ2) is 4.59. The Bertz CT molecular complexity index is 465. The van der Waals surface area contributed by atoms with Gasteiger partial charge in [0.2, 0.25) is 5.91 Å². The molecule has 3 nitrogen and oxygen atoms in total. The van der Waals surface area contributed by atoms with Gasteiger partial charge in [0.1, 0.15) is 18.2 Å². The van der Waals surface area contributed by atoms with E-state index in [9.17, 15) is 9.18 Å². The van der Waals surface area contributed by atoms with Gasteiger partial charge < -0.3 is 9.64 Å². The number of fused-ring (bicyclic) bond motifs is 1. The Kier molecular flexibility index (Phi) is 3.28. The second-order valence-corrected chi connectivity index (χ2v) is 5.54. The van der Waals surface area contributed by atoms with E-state index in [1.807, 2.05) is 20.8 Å². The van der Waals surface area contributed by atoms with Crippen molar-refractivity contribution in [2.75, 3.05) is 13.2 Å². The molecule has 18 heavy (non-hydrogen) atoms. The molecular formula is C14H18FNO2. The minimum absolute atomic E-state index is 0.0159. The fourth-order valence-electron chi connectivity index (χ4n) is 2.01. The fraction of sp³-hybridized carbons (Fsp3) is 0.500. The van der Waals surface area contributed by atoms with Crippen molar-refractivity contribution in [1.82, 2.24) is 4.90 Å². The largest absolute Gasteiger partial charge is 0.491 e. The minimum atomic E-state index is -0.463. The van der Waals surface area contributed by atoms with E-state index in [2.05, 4.69) is 0 Å². The summed E-state index contributed by atoms with van der Waals surface area (Å²) in [6.07, 6.45) is 0. The van der Waals surface area contributed by atoms with Gasteiger partial charge in [0, 0.05) is 11.0 Å². The Morgan fingerprint density at radius 2 is 2.11 bits per heavy atom. The molecule has 0 N–H and O–H groups in total. The summed E-state index contributed by atoms with van der Waals surface area (Å²) in [6, 6.07) is 4.76. The van der Waals surface area contributed by atoms with Crippen molar-refractivity contribution in [3.8, 4) is 5.75 Å². The smallest absolute Gasteiger partial charge is 0.228 e. The van der Waals surface area contributed by atoms with E-state index in [0.29, 0.717) is 24.5 Å². The highest BCUT2D eigenvalue weighted by Crippen LogP contribution is 2.27. The average molecular weight is 251 g/mol. The van der Waals surface area contributed by atoms with Crippen LogP contribution in [0.4, 0.5) is 4.39 Å². The molecule has 0 aromatic heterocycles. The van der Waals surface area contributed by atoms with Crippen LogP contribution < -0.4 is 4.74 Å². The second-order valence-electron chi connectivity index (χ2n) is 5.54. The minimum Gasteiger partial charge on any atom is -0.491 e. The van der Waals surface area contributed by atoms with Crippen LogP contribution >= 0.6 is 0 Å². The Hall–Kier alpha value is -1.58. The van der Waals surface area contributed by atoms with Gasteiger partial charge in [-0.3, -0.25) is 4.79 Å². The molecule has 0 radical (unpaired) electrons. The molecule has 1 aliphatic rings. The van der Waals surface area contributed by atoms with Gasteiger partial charge in [-0.15, -0.1) is 0 Å². The van der Waals surface area contributed by atoms with Crippen molar-refractivity contribution < 1.29 is 13.9 Å². The Labute approximate surface area is 107 Å². The number of benzene rings is 1. The van der Waals surface area contributed by atoms with E-state index < -0.39 is 5.41 Å². The van der Waals surface area contributed by atoms with Crippen LogP contribution in [0.2, 0.25) is 0 Å². The Morgan fingerprint density at radius 3 is 2.78 bits per heavy atom. The lowest BCUT2D eigenvalue weighted by molar-refractivity contribution is -0.140. The van der Waals surface area contributed by atoms with Crippen LogP contribution in [0, 0.1) is 11.2 Å². The Balaban J connectivity index is 2.29. The zero-order valence-corrected chi connectivity index (χ0v) is 11.0. The molecule has 0 unspecified atom stereocenters. The number of rotatable bonds is 0. The summed E-state index contributed by atoms with van der Waals surface area (Å²) >= 11 is 0. The molecule has 98 valence electrons. The highest BCUT2D eigenvalue weighted by molar-refractivity contribution is 5.81. The maximum Gasteiger partial charge on any atom is 0.228 e. The molecule has 0 bridgehead atoms. The lowest BCUT2D eigenvalue weighted by Gasteiger charge is -2.27. The molecule has 2 rings (SSSR count). The number of amides is 1. The molecule has 0 saturated heterocycles. The predicted octanol–water partition coefficient (Wildman–Crippen LogP) is 2.59. The monoisotopic (exact) mass is 251 g/mol. The van der Waals surface area contributed by atoms with E-state index in [0.717, 1.165) is 0 Å². The third-order valence-corrected chi connectivity index (χ3v) is 2.97. The first-order valence-electron chi connectivity index (χ1n) is 6.09. The van der Waals surface area contributed by atoms with E-state index in [1.54, 1.807) is 17.0 Å². The van der Waals surface area contributed by atoms with E-state index in [4.69, 9.17) is 4.74 Å². The lowest BCUT2D eigenvalue weighted by Crippen LogP contribution is -2.40. The lowest BCUT2D eigenvalue weighted by atomic mass is 9.94. The van der Waals surface area contributed by atoms with Crippen molar-refractivity contribution in [3.63, 3.8) is 0 Å². The SMILES string of the molecule is CC(C)(C)C(=O)N1CCOc2cccc(F)c2C1. The number of hydrogen-bond donors (Lipinski definition) is 0. The molecule has 1 heterocycles. The number of carbonyl (C=O) groups excluding carboxylic acids is 1. The van der Waals surface area contributed by atoms with Crippen LogP contribution in [0.15, 0.2) is 18.2 Å². The van der Waals surface area contributed by atoms with Crippen LogP contribution in [0.25, 0.3) is 0 Å². The van der Waals surface area contributed by atoms with Crippen LogP contribution in [0.5, 0.6) is 5.75 Å². The molecular weight excluding hydrogens is 233 g/mol. The highest BCUT2D eigenvalue weighted by atomic mass is 19.1. The van der Waals surface area contributed by atoms with Crippen LogP contribution in [-0.4, -0.2) is 24.0 Å². The topological polar surface area (TPSA) is 29.5 Å². The van der Waals surface area contributed by atoms with Gasteiger partial charge in [-0.25, -0.2) is 4.39 Å². The predicted molar refractivity (Wildman–Crippen MR) is 66.8 cm³/mol. The van der Waals surface area contributed by atoms with Crippen molar-refractivity contribution in [2.45, 2.75) is 27.3 Å². The quantitative estimate of drug-likeness (QED) is 0.709. The maximum absolute atomic E-state index is 13.8. The first-order chi connectivity index (χ1) is 8.39. The Morgan fingerprint density at radius 1 is 1.39 bits per heavy atom. The summed E-state index contributed by atoms with van der Waals surface area (Å²) in [6.45, 7) is 6.76. The van der Waals surface area contributed by atoms with Gasteiger partial charge in [0.25, 0.3) is 0 Å². The molecule has 0 saturated carbocycles. The molecule has 1 aromatic rings. The zero-order chi connectivity index (χ0) is 13.3. The first kappa shape index (κ1) is 12.9. The molecule has 0 fully saturated rings. The summed E-state index contributed by atoms with van der Waals surface area (Å²) in [5, 5.41) is 0. The molecule has 1 aromatic carbocycles. The van der Waals surface area contributed by atoms with Gasteiger partial charge in [0.05, 0.1) is 13.1 Å². The van der Waals surface area contributed by atoms with Crippen molar-refractivity contribution in [1.29, 1.82) is 0 Å². The van der Waals surface area contributed by atoms with Gasteiger partial charge in [0.15, 0.2) is 0 Å². The molecule has 1 aliphatic heterocycles. The highest BCUT2D eigenvalue weighted by Gasteiger charge is 2.29. The summed E-state index contributed by atoms with van der Waals surface area (Å²) in [4.78, 5) is 13.9. The third kappa shape index (κ3) is 2.47. The van der Waals surface area contributed by atoms with Gasteiger partial charge in [-0.05, 0) is 12.1 Å². The molecule has 1 amide bonds. The fourth-order valence-corrected chi connectivity index (χ4v) is 2.01. The number of nitrogens with zero attached hydrogens (tertiary/aromatic N) is 1. The molecule has 0 spiro atoms. The van der Waals surface area contributed by atoms with Crippen molar-refractivity contribution >= 4 is 5.91 Å². The molecule has 4 heteroatoms.